The molecule has 0 radical (unpaired) electrons. The first-order valence-electron chi connectivity index (χ1n) is 7.69. The van der Waals surface area contributed by atoms with Gasteiger partial charge in [0.2, 0.25) is 0 Å². The smallest absolute Gasteiger partial charge is 0.275 e. The van der Waals surface area contributed by atoms with E-state index in [0.717, 1.165) is 5.01 Å². The van der Waals surface area contributed by atoms with Crippen LogP contribution in [0.5, 0.6) is 5.75 Å². The van der Waals surface area contributed by atoms with Crippen LogP contribution in [0, 0.1) is 6.92 Å². The van der Waals surface area contributed by atoms with Gasteiger partial charge in [-0.3, -0.25) is 4.79 Å². The fourth-order valence-corrected chi connectivity index (χ4v) is 3.06. The number of tetrazole rings is 1. The van der Waals surface area contributed by atoms with Gasteiger partial charge in [0.05, 0.1) is 12.1 Å². The van der Waals surface area contributed by atoms with Crippen molar-refractivity contribution in [2.75, 3.05) is 12.4 Å². The van der Waals surface area contributed by atoms with Gasteiger partial charge in [0.15, 0.2) is 5.82 Å². The molecule has 0 bridgehead atoms. The summed E-state index contributed by atoms with van der Waals surface area (Å²) in [4.78, 5) is 16.8. The minimum atomic E-state index is -0.257. The van der Waals surface area contributed by atoms with E-state index < -0.39 is 0 Å². The van der Waals surface area contributed by atoms with Gasteiger partial charge in [0.25, 0.3) is 5.91 Å². The summed E-state index contributed by atoms with van der Waals surface area (Å²) in [5, 5.41) is 17.0. The lowest BCUT2D eigenvalue weighted by Gasteiger charge is -2.11. The summed E-state index contributed by atoms with van der Waals surface area (Å²) >= 11 is 1.48. The van der Waals surface area contributed by atoms with Crippen LogP contribution < -0.4 is 10.1 Å². The van der Waals surface area contributed by atoms with Crippen LogP contribution in [0.2, 0.25) is 0 Å². The van der Waals surface area contributed by atoms with Gasteiger partial charge in [-0.25, -0.2) is 4.98 Å². The largest absolute Gasteiger partial charge is 0.494 e. The van der Waals surface area contributed by atoms with Gasteiger partial charge in [-0.15, -0.1) is 16.4 Å². The third-order valence-electron chi connectivity index (χ3n) is 3.54. The highest BCUT2D eigenvalue weighted by molar-refractivity contribution is 7.09. The molecular formula is C16H18N6O2S. The molecule has 1 amide bonds. The van der Waals surface area contributed by atoms with E-state index in [4.69, 9.17) is 4.74 Å². The number of carbonyl (C=O) groups excluding carboxylic acids is 1. The number of hydrogen-bond acceptors (Lipinski definition) is 7. The highest BCUT2D eigenvalue weighted by Crippen LogP contribution is 2.27. The number of thiazole rings is 1. The Morgan fingerprint density at radius 2 is 2.16 bits per heavy atom. The zero-order valence-corrected chi connectivity index (χ0v) is 15.2. The Hall–Kier alpha value is -2.81. The van der Waals surface area contributed by atoms with E-state index in [1.165, 1.54) is 11.3 Å². The number of nitrogens with one attached hydrogen (secondary N) is 1. The van der Waals surface area contributed by atoms with Gasteiger partial charge in [-0.2, -0.15) is 4.68 Å². The van der Waals surface area contributed by atoms with E-state index in [0.29, 0.717) is 34.6 Å². The van der Waals surface area contributed by atoms with Crippen molar-refractivity contribution in [2.24, 2.45) is 0 Å². The molecule has 1 N–H and O–H groups in total. The predicted octanol–water partition coefficient (Wildman–Crippen LogP) is 2.81. The maximum Gasteiger partial charge on any atom is 0.275 e. The van der Waals surface area contributed by atoms with Gasteiger partial charge in [0, 0.05) is 17.0 Å². The Labute approximate surface area is 148 Å². The fraction of sp³-hybridized carbons (Fsp3) is 0.312. The molecule has 0 atom stereocenters. The van der Waals surface area contributed by atoms with Gasteiger partial charge in [-0.05, 0) is 35.5 Å². The summed E-state index contributed by atoms with van der Waals surface area (Å²) in [6.45, 7) is 5.88. The first-order valence-corrected chi connectivity index (χ1v) is 8.57. The highest BCUT2D eigenvalue weighted by atomic mass is 32.1. The second-order valence-electron chi connectivity index (χ2n) is 5.70. The summed E-state index contributed by atoms with van der Waals surface area (Å²) in [7, 11) is 1.57. The van der Waals surface area contributed by atoms with Crippen LogP contribution in [0.3, 0.4) is 0 Å². The number of anilines is 1. The van der Waals surface area contributed by atoms with Crippen molar-refractivity contribution in [2.45, 2.75) is 26.7 Å². The number of amides is 1. The maximum absolute atomic E-state index is 12.4. The molecule has 2 heterocycles. The number of aryl methyl sites for hydroxylation is 1. The van der Waals surface area contributed by atoms with Crippen LogP contribution in [0.15, 0.2) is 23.6 Å². The molecule has 1 aromatic carbocycles. The van der Waals surface area contributed by atoms with Crippen LogP contribution in [0.1, 0.15) is 41.1 Å². The monoisotopic (exact) mass is 358 g/mol. The fourth-order valence-electron chi connectivity index (χ4n) is 2.24. The summed E-state index contributed by atoms with van der Waals surface area (Å²) in [5.74, 6) is 1.25. The van der Waals surface area contributed by atoms with Crippen molar-refractivity contribution in [3.63, 3.8) is 0 Å². The molecule has 0 saturated carbocycles. The van der Waals surface area contributed by atoms with Gasteiger partial charge < -0.3 is 10.1 Å². The molecule has 3 aromatic rings. The number of benzene rings is 1. The molecule has 0 spiro atoms. The van der Waals surface area contributed by atoms with E-state index in [9.17, 15) is 4.79 Å². The minimum absolute atomic E-state index is 0.257. The molecule has 8 nitrogen and oxygen atoms in total. The maximum atomic E-state index is 12.4. The number of hydrogen-bond donors (Lipinski definition) is 1. The lowest BCUT2D eigenvalue weighted by atomic mass is 10.2. The zero-order chi connectivity index (χ0) is 18.0. The van der Waals surface area contributed by atoms with Crippen LogP contribution in [0.4, 0.5) is 5.69 Å². The lowest BCUT2D eigenvalue weighted by molar-refractivity contribution is 0.102. The summed E-state index contributed by atoms with van der Waals surface area (Å²) < 4.78 is 6.91. The quantitative estimate of drug-likeness (QED) is 0.753. The number of aromatic nitrogens is 5. The van der Waals surface area contributed by atoms with Gasteiger partial charge in [0.1, 0.15) is 17.1 Å². The number of rotatable bonds is 5. The molecule has 25 heavy (non-hydrogen) atoms. The van der Waals surface area contributed by atoms with Crippen molar-refractivity contribution in [1.29, 1.82) is 0 Å². The van der Waals surface area contributed by atoms with Crippen molar-refractivity contribution in [3.05, 3.63) is 40.1 Å². The minimum Gasteiger partial charge on any atom is -0.494 e. The van der Waals surface area contributed by atoms with Crippen molar-refractivity contribution < 1.29 is 9.53 Å². The van der Waals surface area contributed by atoms with Crippen LogP contribution in [-0.4, -0.2) is 38.2 Å². The summed E-state index contributed by atoms with van der Waals surface area (Å²) in [6.07, 6.45) is 0. The molecule has 0 aliphatic carbocycles. The average molecular weight is 358 g/mol. The predicted molar refractivity (Wildman–Crippen MR) is 94.6 cm³/mol. The highest BCUT2D eigenvalue weighted by Gasteiger charge is 2.15. The molecule has 2 aromatic heterocycles. The molecule has 0 fully saturated rings. The van der Waals surface area contributed by atoms with Crippen molar-refractivity contribution in [3.8, 4) is 11.4 Å². The van der Waals surface area contributed by atoms with Crippen LogP contribution in [-0.2, 0) is 0 Å². The average Bonchev–Trinajstić information content (AvgIpc) is 3.24. The Balaban J connectivity index is 1.87. The second kappa shape index (κ2) is 6.98. The van der Waals surface area contributed by atoms with E-state index in [2.05, 4.69) is 25.8 Å². The first kappa shape index (κ1) is 17.0. The lowest BCUT2D eigenvalue weighted by Crippen LogP contribution is -2.13. The van der Waals surface area contributed by atoms with Crippen LogP contribution >= 0.6 is 11.3 Å². The Bertz CT molecular complexity index is 902. The Morgan fingerprint density at radius 3 is 2.76 bits per heavy atom. The standard InChI is InChI=1S/C16H18N6O2S/c1-9(2)16-18-12(8-25-16)15(23)17-11-5-6-14(24-4)13(7-11)22-10(3)19-20-21-22/h5-9H,1-4H3,(H,17,23). The molecule has 9 heteroatoms. The number of carbonyl (C=O) groups is 1. The van der Waals surface area contributed by atoms with Crippen molar-refractivity contribution in [1.82, 2.24) is 25.2 Å². The zero-order valence-electron chi connectivity index (χ0n) is 14.3. The van der Waals surface area contributed by atoms with E-state index in [1.54, 1.807) is 42.3 Å². The Kier molecular flexibility index (Phi) is 4.75. The third kappa shape index (κ3) is 3.50. The first-order chi connectivity index (χ1) is 12.0. The third-order valence-corrected chi connectivity index (χ3v) is 4.68. The molecule has 0 aliphatic heterocycles. The summed E-state index contributed by atoms with van der Waals surface area (Å²) in [6, 6.07) is 5.28. The van der Waals surface area contributed by atoms with E-state index >= 15 is 0 Å². The molecule has 130 valence electrons. The summed E-state index contributed by atoms with van der Waals surface area (Å²) in [5.41, 5.74) is 1.66. The number of ether oxygens (including phenoxy) is 1. The van der Waals surface area contributed by atoms with Crippen molar-refractivity contribution >= 4 is 22.9 Å². The SMILES string of the molecule is COc1ccc(NC(=O)c2csc(C(C)C)n2)cc1-n1nnnc1C. The molecular weight excluding hydrogens is 340 g/mol. The molecule has 0 saturated heterocycles. The van der Waals surface area contributed by atoms with E-state index in [-0.39, 0.29) is 5.91 Å². The second-order valence-corrected chi connectivity index (χ2v) is 6.59. The van der Waals surface area contributed by atoms with Gasteiger partial charge >= 0.3 is 0 Å². The topological polar surface area (TPSA) is 94.8 Å². The van der Waals surface area contributed by atoms with Crippen LogP contribution in [0.25, 0.3) is 5.69 Å². The molecule has 0 unspecified atom stereocenters. The Morgan fingerprint density at radius 1 is 1.36 bits per heavy atom. The van der Waals surface area contributed by atoms with E-state index in [1.807, 2.05) is 13.8 Å². The normalized spacial score (nSPS) is 10.9. The molecule has 3 rings (SSSR count). The molecule has 0 aliphatic rings. The number of methoxy groups -OCH3 is 1. The number of nitrogens with zero attached hydrogens (tertiary/aromatic N) is 5. The van der Waals surface area contributed by atoms with Gasteiger partial charge in [-0.1, -0.05) is 13.8 Å².